The van der Waals surface area contributed by atoms with Gasteiger partial charge in [0.25, 0.3) is 0 Å². The van der Waals surface area contributed by atoms with E-state index < -0.39 is 56.6 Å². The first-order valence-corrected chi connectivity index (χ1v) is 14.4. The number of Topliss-reactive ketones (excluding diaryl/α,β-unsaturated/α-hetero) is 2. The molecular weight excluding hydrogens is 509 g/mol. The molecular formula is C22H28NNaO9S2. The molecule has 3 fully saturated rings. The molecule has 13 heteroatoms. The minimum atomic E-state index is -5.00. The molecule has 3 saturated carbocycles. The van der Waals surface area contributed by atoms with Gasteiger partial charge < -0.3 is 15.0 Å². The van der Waals surface area contributed by atoms with E-state index in [9.17, 15) is 36.1 Å². The minimum absolute atomic E-state index is 0. The molecule has 0 saturated heterocycles. The number of aliphatic hydroxyl groups excluding tert-OH is 1. The van der Waals surface area contributed by atoms with Gasteiger partial charge in [0.15, 0.2) is 9.84 Å². The van der Waals surface area contributed by atoms with Crippen molar-refractivity contribution < 1.29 is 69.8 Å². The molecule has 0 aliphatic heterocycles. The fraction of sp³-hybridized carbons (Fsp3) is 0.636. The van der Waals surface area contributed by atoms with Gasteiger partial charge in [0.1, 0.15) is 11.6 Å². The molecule has 0 radical (unpaired) electrons. The monoisotopic (exact) mass is 537 g/mol. The molecule has 0 amide bonds. The molecule has 3 aliphatic carbocycles. The van der Waals surface area contributed by atoms with Gasteiger partial charge in [-0.1, -0.05) is 18.9 Å². The van der Waals surface area contributed by atoms with Crippen LogP contribution in [0.15, 0.2) is 29.2 Å². The van der Waals surface area contributed by atoms with Crippen molar-refractivity contribution in [2.24, 2.45) is 23.7 Å². The Bertz CT molecular complexity index is 1170. The number of nitrogens with one attached hydrogen (secondary N) is 1. The summed E-state index contributed by atoms with van der Waals surface area (Å²) in [7, 11) is -8.94. The molecule has 4 rings (SSSR count). The molecule has 0 aromatic heterocycles. The van der Waals surface area contributed by atoms with Crippen LogP contribution in [0.3, 0.4) is 0 Å². The van der Waals surface area contributed by atoms with E-state index in [-0.39, 0.29) is 57.9 Å². The van der Waals surface area contributed by atoms with Crippen LogP contribution in [0.2, 0.25) is 0 Å². The predicted octanol–water partition coefficient (Wildman–Crippen LogP) is -1.93. The summed E-state index contributed by atoms with van der Waals surface area (Å²) in [6.45, 7) is -0.796. The van der Waals surface area contributed by atoms with Gasteiger partial charge in [0, 0.05) is 23.6 Å². The molecule has 6 atom stereocenters. The largest absolute Gasteiger partial charge is 1.00 e. The van der Waals surface area contributed by atoms with Gasteiger partial charge in [-0.2, -0.15) is 0 Å². The van der Waals surface area contributed by atoms with Crippen LogP contribution in [0, 0.1) is 23.7 Å². The zero-order valence-corrected chi connectivity index (χ0v) is 23.1. The molecule has 0 bridgehead atoms. The Kier molecular flexibility index (Phi) is 9.23. The Morgan fingerprint density at radius 3 is 2.23 bits per heavy atom. The second-order valence-corrected chi connectivity index (χ2v) is 12.5. The molecule has 6 unspecified atom stereocenters. The average molecular weight is 538 g/mol. The van der Waals surface area contributed by atoms with E-state index in [2.05, 4.69) is 9.50 Å². The Hall–Kier alpha value is -0.860. The Balaban J connectivity index is 0.00000342. The van der Waals surface area contributed by atoms with E-state index in [1.54, 1.807) is 6.07 Å². The minimum Gasteiger partial charge on any atom is -0.726 e. The van der Waals surface area contributed by atoms with E-state index in [0.29, 0.717) is 31.4 Å². The van der Waals surface area contributed by atoms with E-state index in [1.165, 1.54) is 18.2 Å². The van der Waals surface area contributed by atoms with Crippen molar-refractivity contribution in [1.29, 1.82) is 0 Å². The van der Waals surface area contributed by atoms with Crippen LogP contribution in [0.5, 0.6) is 0 Å². The van der Waals surface area contributed by atoms with Gasteiger partial charge in [-0.3, -0.25) is 13.8 Å². The van der Waals surface area contributed by atoms with Crippen LogP contribution in [0.1, 0.15) is 38.5 Å². The third kappa shape index (κ3) is 6.35. The summed E-state index contributed by atoms with van der Waals surface area (Å²) in [5, 5.41) is 13.8. The number of benzene rings is 1. The number of hydrogen-bond donors (Lipinski definition) is 2. The average Bonchev–Trinajstić information content (AvgIpc) is 2.78. The third-order valence-corrected chi connectivity index (χ3v) is 9.42. The second-order valence-electron chi connectivity index (χ2n) is 9.33. The molecule has 3 aliphatic rings. The summed E-state index contributed by atoms with van der Waals surface area (Å²) in [5.74, 6) is -2.79. The van der Waals surface area contributed by atoms with Crippen molar-refractivity contribution in [3.8, 4) is 0 Å². The van der Waals surface area contributed by atoms with Crippen molar-refractivity contribution in [2.75, 3.05) is 17.7 Å². The van der Waals surface area contributed by atoms with Crippen molar-refractivity contribution in [3.05, 3.63) is 24.3 Å². The first-order valence-electron chi connectivity index (χ1n) is 11.4. The number of sulfone groups is 1. The van der Waals surface area contributed by atoms with E-state index in [4.69, 9.17) is 0 Å². The summed E-state index contributed by atoms with van der Waals surface area (Å²) >= 11 is 0. The fourth-order valence-electron chi connectivity index (χ4n) is 5.77. The Morgan fingerprint density at radius 1 is 0.971 bits per heavy atom. The number of anilines is 1. The Morgan fingerprint density at radius 2 is 1.60 bits per heavy atom. The molecule has 188 valence electrons. The Labute approximate surface area is 227 Å². The quantitative estimate of drug-likeness (QED) is 0.227. The van der Waals surface area contributed by atoms with Crippen molar-refractivity contribution >= 4 is 37.5 Å². The van der Waals surface area contributed by atoms with Crippen LogP contribution in [-0.2, 0) is 34.0 Å². The number of carbonyl (C=O) groups excluding carboxylic acids is 2. The first-order chi connectivity index (χ1) is 16.0. The molecule has 2 N–H and O–H groups in total. The van der Waals surface area contributed by atoms with Crippen LogP contribution in [0.4, 0.5) is 5.69 Å². The number of fused-ring (bicyclic) bond motifs is 2. The normalized spacial score (nSPS) is 31.1. The number of aliphatic hydroxyl groups is 1. The van der Waals surface area contributed by atoms with Gasteiger partial charge in [0.2, 0.25) is 10.4 Å². The molecule has 0 heterocycles. The van der Waals surface area contributed by atoms with Crippen LogP contribution in [0.25, 0.3) is 0 Å². The van der Waals surface area contributed by atoms with Crippen LogP contribution in [-0.4, -0.2) is 62.6 Å². The first kappa shape index (κ1) is 28.7. The maximum absolute atomic E-state index is 13.4. The van der Waals surface area contributed by atoms with Gasteiger partial charge >= 0.3 is 29.6 Å². The van der Waals surface area contributed by atoms with Crippen molar-refractivity contribution in [2.45, 2.75) is 55.6 Å². The van der Waals surface area contributed by atoms with E-state index >= 15 is 0 Å². The maximum Gasteiger partial charge on any atom is 1.00 e. The van der Waals surface area contributed by atoms with Crippen LogP contribution >= 0.6 is 0 Å². The van der Waals surface area contributed by atoms with Gasteiger partial charge in [-0.25, -0.2) is 16.8 Å². The van der Waals surface area contributed by atoms with Crippen LogP contribution < -0.4 is 34.9 Å². The third-order valence-electron chi connectivity index (χ3n) is 7.29. The van der Waals surface area contributed by atoms with Gasteiger partial charge in [-0.05, 0) is 43.9 Å². The summed E-state index contributed by atoms with van der Waals surface area (Å²) in [6.07, 6.45) is 3.10. The second kappa shape index (κ2) is 11.3. The van der Waals surface area contributed by atoms with E-state index in [1.807, 2.05) is 0 Å². The van der Waals surface area contributed by atoms with Gasteiger partial charge in [0.05, 0.1) is 35.2 Å². The maximum atomic E-state index is 13.4. The zero-order valence-electron chi connectivity index (χ0n) is 19.5. The van der Waals surface area contributed by atoms with E-state index in [0.717, 1.165) is 12.8 Å². The fourth-order valence-corrected chi connectivity index (χ4v) is 7.29. The topological polar surface area (TPSA) is 167 Å². The SMILES string of the molecule is O=C1C2CCCCC2C(=O)C2C(Nc3cccc(S(=O)(=O)CCOS(=O)(=O)[O-])c3)CCC(O)C12.[Na+]. The smallest absolute Gasteiger partial charge is 0.726 e. The predicted molar refractivity (Wildman–Crippen MR) is 119 cm³/mol. The molecule has 10 nitrogen and oxygen atoms in total. The number of hydrogen-bond acceptors (Lipinski definition) is 10. The summed E-state index contributed by atoms with van der Waals surface area (Å²) in [4.78, 5) is 26.5. The molecule has 1 aromatic carbocycles. The summed E-state index contributed by atoms with van der Waals surface area (Å²) in [6, 6.07) is 5.40. The zero-order chi connectivity index (χ0) is 24.7. The van der Waals surface area contributed by atoms with Gasteiger partial charge in [-0.15, -0.1) is 0 Å². The number of rotatable bonds is 7. The summed E-state index contributed by atoms with van der Waals surface area (Å²) in [5.41, 5.74) is 0.421. The summed E-state index contributed by atoms with van der Waals surface area (Å²) < 4.78 is 60.8. The number of ketones is 2. The number of carbonyl (C=O) groups is 2. The molecule has 0 spiro atoms. The molecule has 1 aromatic rings. The standard InChI is InChI=1S/C22H29NO9S2.Na/c24-18-9-8-17(19-20(18)22(26)16-7-2-1-6-15(16)21(19)25)23-13-4-3-5-14(12-13)33(27,28)11-10-32-34(29,30)31;/h3-5,12,15-20,23-24H,1-2,6-11H2,(H,29,30,31);/q;+1/p-1. The van der Waals surface area contributed by atoms with Crippen molar-refractivity contribution in [1.82, 2.24) is 0 Å². The van der Waals surface area contributed by atoms with Crippen molar-refractivity contribution in [3.63, 3.8) is 0 Å². The molecule has 35 heavy (non-hydrogen) atoms.